The third kappa shape index (κ3) is 5.16. The van der Waals surface area contributed by atoms with Crippen LogP contribution in [-0.4, -0.2) is 50.7 Å². The van der Waals surface area contributed by atoms with Crippen molar-refractivity contribution in [3.8, 4) is 5.75 Å². The maximum atomic E-state index is 14.2. The Kier molecular flexibility index (Phi) is 6.90. The van der Waals surface area contributed by atoms with Crippen LogP contribution < -0.4 is 20.3 Å². The zero-order valence-electron chi connectivity index (χ0n) is 16.5. The van der Waals surface area contributed by atoms with Crippen LogP contribution in [0.1, 0.15) is 18.5 Å². The molecular weight excluding hydrogens is 377 g/mol. The summed E-state index contributed by atoms with van der Waals surface area (Å²) < 4.78 is 24.8. The molecule has 0 aliphatic carbocycles. The molecule has 0 bridgehead atoms. The number of cyclic esters (lactones) is 1. The summed E-state index contributed by atoms with van der Waals surface area (Å²) in [4.78, 5) is 13.6. The van der Waals surface area contributed by atoms with Crippen LogP contribution in [0.5, 0.6) is 5.75 Å². The molecular formula is C21H26FN3O4. The molecule has 0 unspecified atom stereocenters. The molecule has 1 saturated heterocycles. The number of halogens is 1. The number of aliphatic hydroxyl groups is 1. The number of carbonyl (C=O) groups is 1. The van der Waals surface area contributed by atoms with E-state index >= 15 is 0 Å². The van der Waals surface area contributed by atoms with Gasteiger partial charge in [-0.25, -0.2) is 9.18 Å². The molecule has 1 aliphatic rings. The number of hydrogen-bond donors (Lipinski definition) is 3. The van der Waals surface area contributed by atoms with Gasteiger partial charge in [-0.1, -0.05) is 12.1 Å². The lowest BCUT2D eigenvalue weighted by Crippen LogP contribution is -2.32. The van der Waals surface area contributed by atoms with E-state index in [2.05, 4.69) is 10.6 Å². The smallest absolute Gasteiger partial charge is 0.414 e. The van der Waals surface area contributed by atoms with E-state index in [0.29, 0.717) is 18.8 Å². The van der Waals surface area contributed by atoms with E-state index in [1.165, 1.54) is 11.0 Å². The normalized spacial score (nSPS) is 17.2. The van der Waals surface area contributed by atoms with Gasteiger partial charge < -0.3 is 25.2 Å². The van der Waals surface area contributed by atoms with E-state index in [0.717, 1.165) is 11.3 Å². The molecule has 2 aromatic carbocycles. The molecule has 156 valence electrons. The van der Waals surface area contributed by atoms with Crippen molar-refractivity contribution in [3.05, 3.63) is 53.8 Å². The molecule has 3 N–H and O–H groups in total. The number of nitrogens with one attached hydrogen (secondary N) is 2. The summed E-state index contributed by atoms with van der Waals surface area (Å²) in [5.74, 6) is 0.310. The zero-order chi connectivity index (χ0) is 20.8. The second kappa shape index (κ2) is 9.58. The summed E-state index contributed by atoms with van der Waals surface area (Å²) in [6.45, 7) is 3.01. The molecule has 7 nitrogen and oxygen atoms in total. The molecule has 0 spiro atoms. The molecule has 0 aromatic heterocycles. The molecule has 8 heteroatoms. The van der Waals surface area contributed by atoms with Crippen LogP contribution in [0.25, 0.3) is 0 Å². The fraction of sp³-hybridized carbons (Fsp3) is 0.381. The minimum atomic E-state index is -0.496. The minimum Gasteiger partial charge on any atom is -0.497 e. The number of hydrogen-bond acceptors (Lipinski definition) is 6. The molecule has 1 heterocycles. The van der Waals surface area contributed by atoms with Crippen LogP contribution in [-0.2, 0) is 4.74 Å². The van der Waals surface area contributed by atoms with Gasteiger partial charge in [0, 0.05) is 19.1 Å². The fourth-order valence-electron chi connectivity index (χ4n) is 3.16. The Balaban J connectivity index is 1.56. The lowest BCUT2D eigenvalue weighted by molar-refractivity contribution is 0.138. The minimum absolute atomic E-state index is 0.0722. The lowest BCUT2D eigenvalue weighted by atomic mass is 10.1. The van der Waals surface area contributed by atoms with Crippen molar-refractivity contribution in [3.63, 3.8) is 0 Å². The number of carbonyl (C=O) groups excluding carboxylic acids is 1. The highest BCUT2D eigenvalue weighted by atomic mass is 19.1. The van der Waals surface area contributed by atoms with Crippen LogP contribution in [0.4, 0.5) is 20.6 Å². The monoisotopic (exact) mass is 403 g/mol. The Morgan fingerprint density at radius 2 is 2.07 bits per heavy atom. The van der Waals surface area contributed by atoms with Crippen molar-refractivity contribution in [2.24, 2.45) is 0 Å². The van der Waals surface area contributed by atoms with Crippen molar-refractivity contribution < 1.29 is 23.8 Å². The van der Waals surface area contributed by atoms with E-state index in [1.54, 1.807) is 19.2 Å². The van der Waals surface area contributed by atoms with Crippen molar-refractivity contribution >= 4 is 17.5 Å². The molecule has 2 aromatic rings. The Bertz CT molecular complexity index is 831. The molecule has 3 rings (SSSR count). The predicted molar refractivity (Wildman–Crippen MR) is 109 cm³/mol. The van der Waals surface area contributed by atoms with Crippen LogP contribution >= 0.6 is 0 Å². The van der Waals surface area contributed by atoms with Gasteiger partial charge in [0.05, 0.1) is 31.6 Å². The van der Waals surface area contributed by atoms with Gasteiger partial charge in [0.2, 0.25) is 0 Å². The van der Waals surface area contributed by atoms with Crippen LogP contribution in [0.3, 0.4) is 0 Å². The van der Waals surface area contributed by atoms with E-state index in [4.69, 9.17) is 14.6 Å². The third-order valence-corrected chi connectivity index (χ3v) is 4.83. The molecule has 1 fully saturated rings. The second-order valence-electron chi connectivity index (χ2n) is 6.83. The first-order chi connectivity index (χ1) is 14.0. The van der Waals surface area contributed by atoms with Gasteiger partial charge >= 0.3 is 6.09 Å². The molecule has 1 amide bonds. The first-order valence-corrected chi connectivity index (χ1v) is 9.51. The number of rotatable bonds is 9. The first kappa shape index (κ1) is 20.9. The summed E-state index contributed by atoms with van der Waals surface area (Å²) >= 11 is 0. The van der Waals surface area contributed by atoms with E-state index < -0.39 is 11.9 Å². The zero-order valence-corrected chi connectivity index (χ0v) is 16.5. The van der Waals surface area contributed by atoms with E-state index in [1.807, 2.05) is 31.2 Å². The van der Waals surface area contributed by atoms with E-state index in [9.17, 15) is 9.18 Å². The SMILES string of the molecule is COc1ccc([C@H](C)NC[C@@H]2CN(c3ccc(NCCO)c(F)c3)C(=O)O2)cc1. The van der Waals surface area contributed by atoms with Gasteiger partial charge in [0.25, 0.3) is 0 Å². The van der Waals surface area contributed by atoms with Crippen LogP contribution in [0, 0.1) is 5.82 Å². The van der Waals surface area contributed by atoms with Crippen LogP contribution in [0.2, 0.25) is 0 Å². The Labute approximate surface area is 169 Å². The average Bonchev–Trinajstić information content (AvgIpc) is 3.11. The third-order valence-electron chi connectivity index (χ3n) is 4.83. The van der Waals surface area contributed by atoms with Gasteiger partial charge in [-0.2, -0.15) is 0 Å². The van der Waals surface area contributed by atoms with Crippen molar-refractivity contribution in [2.75, 3.05) is 43.6 Å². The van der Waals surface area contributed by atoms with Gasteiger partial charge in [-0.15, -0.1) is 0 Å². The molecule has 1 aliphatic heterocycles. The quantitative estimate of drug-likeness (QED) is 0.597. The summed E-state index contributed by atoms with van der Waals surface area (Å²) in [6.07, 6.45) is -0.831. The highest BCUT2D eigenvalue weighted by Gasteiger charge is 2.32. The summed E-state index contributed by atoms with van der Waals surface area (Å²) in [7, 11) is 1.63. The number of aliphatic hydroxyl groups excluding tert-OH is 1. The number of methoxy groups -OCH3 is 1. The Hall–Kier alpha value is -2.84. The number of anilines is 2. The maximum Gasteiger partial charge on any atom is 0.414 e. The molecule has 0 radical (unpaired) electrons. The van der Waals surface area contributed by atoms with E-state index in [-0.39, 0.29) is 31.0 Å². The lowest BCUT2D eigenvalue weighted by Gasteiger charge is -2.17. The summed E-state index contributed by atoms with van der Waals surface area (Å²) in [5.41, 5.74) is 1.81. The van der Waals surface area contributed by atoms with Gasteiger partial charge in [-0.05, 0) is 42.8 Å². The maximum absolute atomic E-state index is 14.2. The largest absolute Gasteiger partial charge is 0.497 e. The first-order valence-electron chi connectivity index (χ1n) is 9.51. The standard InChI is InChI=1S/C21H26FN3O4/c1-14(15-3-6-17(28-2)7-4-15)24-12-18-13-25(21(27)29-18)16-5-8-20(19(22)11-16)23-9-10-26/h3-8,11,14,18,23-24,26H,9-10,12-13H2,1-2H3/t14-,18+/m0/s1. The Morgan fingerprint density at radius 3 is 2.72 bits per heavy atom. The number of amides is 1. The molecule has 29 heavy (non-hydrogen) atoms. The average molecular weight is 403 g/mol. The second-order valence-corrected chi connectivity index (χ2v) is 6.83. The molecule has 0 saturated carbocycles. The summed E-state index contributed by atoms with van der Waals surface area (Å²) in [6, 6.07) is 12.3. The molecule has 2 atom stereocenters. The summed E-state index contributed by atoms with van der Waals surface area (Å²) in [5, 5.41) is 15.0. The highest BCUT2D eigenvalue weighted by Crippen LogP contribution is 2.26. The number of benzene rings is 2. The van der Waals surface area contributed by atoms with Crippen LogP contribution in [0.15, 0.2) is 42.5 Å². The van der Waals surface area contributed by atoms with Crippen molar-refractivity contribution in [2.45, 2.75) is 19.1 Å². The fourth-order valence-corrected chi connectivity index (χ4v) is 3.16. The number of ether oxygens (including phenoxy) is 2. The van der Waals surface area contributed by atoms with Gasteiger partial charge in [-0.3, -0.25) is 4.90 Å². The van der Waals surface area contributed by atoms with Gasteiger partial charge in [0.1, 0.15) is 17.7 Å². The Morgan fingerprint density at radius 1 is 1.31 bits per heavy atom. The highest BCUT2D eigenvalue weighted by molar-refractivity contribution is 5.90. The topological polar surface area (TPSA) is 83.1 Å². The predicted octanol–water partition coefficient (Wildman–Crippen LogP) is 2.91. The number of nitrogens with zero attached hydrogens (tertiary/aromatic N) is 1. The van der Waals surface area contributed by atoms with Crippen molar-refractivity contribution in [1.29, 1.82) is 0 Å². The van der Waals surface area contributed by atoms with Crippen molar-refractivity contribution in [1.82, 2.24) is 5.32 Å². The van der Waals surface area contributed by atoms with Gasteiger partial charge in [0.15, 0.2) is 0 Å².